The van der Waals surface area contributed by atoms with Crippen LogP contribution in [0.25, 0.3) is 0 Å². The molecular weight excluding hydrogens is 318 g/mol. The maximum Gasteiger partial charge on any atom is 0.226 e. The molecule has 2 aliphatic rings. The van der Waals surface area contributed by atoms with Crippen molar-refractivity contribution in [2.75, 3.05) is 33.0 Å². The number of ether oxygens (including phenoxy) is 2. The molecule has 0 aromatic heterocycles. The molecule has 2 fully saturated rings. The molecule has 0 saturated carbocycles. The first-order valence-electron chi connectivity index (χ1n) is 9.26. The number of amides is 1. The van der Waals surface area contributed by atoms with Gasteiger partial charge in [0.1, 0.15) is 5.75 Å². The summed E-state index contributed by atoms with van der Waals surface area (Å²) in [6.07, 6.45) is 2.89. The third kappa shape index (κ3) is 3.67. The van der Waals surface area contributed by atoms with Crippen molar-refractivity contribution in [1.29, 1.82) is 0 Å². The highest BCUT2D eigenvalue weighted by Crippen LogP contribution is 2.42. The van der Waals surface area contributed by atoms with Gasteiger partial charge in [-0.25, -0.2) is 0 Å². The Morgan fingerprint density at radius 3 is 2.84 bits per heavy atom. The van der Waals surface area contributed by atoms with E-state index in [9.17, 15) is 9.90 Å². The summed E-state index contributed by atoms with van der Waals surface area (Å²) in [5.41, 5.74) is 2.02. The van der Waals surface area contributed by atoms with Gasteiger partial charge < -0.3 is 19.5 Å². The fourth-order valence-corrected chi connectivity index (χ4v) is 4.28. The fourth-order valence-electron chi connectivity index (χ4n) is 4.28. The molecule has 5 nitrogen and oxygen atoms in total. The Balaban J connectivity index is 1.61. The van der Waals surface area contributed by atoms with Crippen molar-refractivity contribution in [3.8, 4) is 5.75 Å². The number of carbonyl (C=O) groups excluding carboxylic acids is 1. The largest absolute Gasteiger partial charge is 0.493 e. The number of rotatable bonds is 5. The molecule has 2 aliphatic heterocycles. The van der Waals surface area contributed by atoms with Gasteiger partial charge in [0.25, 0.3) is 0 Å². The Morgan fingerprint density at radius 1 is 1.36 bits per heavy atom. The van der Waals surface area contributed by atoms with E-state index in [4.69, 9.17) is 9.47 Å². The highest BCUT2D eigenvalue weighted by molar-refractivity contribution is 5.77. The van der Waals surface area contributed by atoms with E-state index in [1.54, 1.807) is 0 Å². The van der Waals surface area contributed by atoms with E-state index in [0.717, 1.165) is 42.7 Å². The molecular formula is C20H29NO4. The number of aliphatic hydroxyl groups is 1. The lowest BCUT2D eigenvalue weighted by Crippen LogP contribution is -2.54. The van der Waals surface area contributed by atoms with E-state index in [0.29, 0.717) is 26.2 Å². The number of carbonyl (C=O) groups is 1. The summed E-state index contributed by atoms with van der Waals surface area (Å²) in [5.74, 6) is 1.15. The molecule has 0 radical (unpaired) electrons. The first-order valence-corrected chi connectivity index (χ1v) is 9.26. The van der Waals surface area contributed by atoms with Crippen LogP contribution in [-0.2, 0) is 9.53 Å². The van der Waals surface area contributed by atoms with Gasteiger partial charge in [-0.3, -0.25) is 4.79 Å². The summed E-state index contributed by atoms with van der Waals surface area (Å²) in [6, 6.07) is 6.11. The molecule has 25 heavy (non-hydrogen) atoms. The van der Waals surface area contributed by atoms with Crippen LogP contribution >= 0.6 is 0 Å². The molecule has 1 spiro atoms. The van der Waals surface area contributed by atoms with Gasteiger partial charge in [-0.1, -0.05) is 12.1 Å². The molecule has 1 N–H and O–H groups in total. The molecule has 1 aromatic rings. The van der Waals surface area contributed by atoms with Crippen molar-refractivity contribution >= 4 is 5.91 Å². The summed E-state index contributed by atoms with van der Waals surface area (Å²) in [4.78, 5) is 14.8. The second-order valence-corrected chi connectivity index (χ2v) is 7.30. The zero-order valence-corrected chi connectivity index (χ0v) is 15.3. The van der Waals surface area contributed by atoms with E-state index >= 15 is 0 Å². The third-order valence-corrected chi connectivity index (χ3v) is 5.80. The van der Waals surface area contributed by atoms with Crippen LogP contribution in [0.2, 0.25) is 0 Å². The van der Waals surface area contributed by atoms with E-state index in [2.05, 4.69) is 6.07 Å². The van der Waals surface area contributed by atoms with Crippen LogP contribution in [0.15, 0.2) is 18.2 Å². The predicted octanol–water partition coefficient (Wildman–Crippen LogP) is 2.46. The maximum absolute atomic E-state index is 12.8. The summed E-state index contributed by atoms with van der Waals surface area (Å²) < 4.78 is 11.4. The molecule has 0 bridgehead atoms. The minimum Gasteiger partial charge on any atom is -0.493 e. The van der Waals surface area contributed by atoms with Crippen LogP contribution in [0.1, 0.15) is 36.8 Å². The van der Waals surface area contributed by atoms with E-state index in [1.807, 2.05) is 30.9 Å². The van der Waals surface area contributed by atoms with Crippen LogP contribution in [0.5, 0.6) is 5.75 Å². The summed E-state index contributed by atoms with van der Waals surface area (Å²) >= 11 is 0. The van der Waals surface area contributed by atoms with Gasteiger partial charge in [-0.05, 0) is 50.3 Å². The van der Waals surface area contributed by atoms with Crippen molar-refractivity contribution in [2.45, 2.75) is 45.1 Å². The highest BCUT2D eigenvalue weighted by atomic mass is 16.5. The molecule has 2 heterocycles. The summed E-state index contributed by atoms with van der Waals surface area (Å²) in [7, 11) is 0. The average Bonchev–Trinajstić information content (AvgIpc) is 2.96. The van der Waals surface area contributed by atoms with Crippen molar-refractivity contribution < 1.29 is 19.4 Å². The number of aryl methyl sites for hydroxylation is 2. The van der Waals surface area contributed by atoms with Crippen LogP contribution in [0.3, 0.4) is 0 Å². The minimum absolute atomic E-state index is 0.128. The normalized spacial score (nSPS) is 22.4. The monoisotopic (exact) mass is 347 g/mol. The van der Waals surface area contributed by atoms with Gasteiger partial charge in [0.05, 0.1) is 18.6 Å². The highest BCUT2D eigenvalue weighted by Gasteiger charge is 2.50. The third-order valence-electron chi connectivity index (χ3n) is 5.80. The van der Waals surface area contributed by atoms with Gasteiger partial charge >= 0.3 is 0 Å². The minimum atomic E-state index is -0.219. The van der Waals surface area contributed by atoms with Crippen LogP contribution in [0.4, 0.5) is 0 Å². The molecule has 1 atom stereocenters. The van der Waals surface area contributed by atoms with Crippen molar-refractivity contribution in [3.05, 3.63) is 29.3 Å². The number of benzene rings is 1. The smallest absolute Gasteiger partial charge is 0.226 e. The standard InChI is InChI=1S/C20H29NO4/c1-15-3-4-16(2)18(13-15)25-10-6-19(23)21-9-5-17(14-22)20(21)7-11-24-12-8-20/h3-4,13,17,22H,5-12,14H2,1-2H3. The Morgan fingerprint density at radius 2 is 2.12 bits per heavy atom. The molecule has 138 valence electrons. The zero-order valence-electron chi connectivity index (χ0n) is 15.3. The van der Waals surface area contributed by atoms with Crippen molar-refractivity contribution in [1.82, 2.24) is 4.90 Å². The average molecular weight is 347 g/mol. The van der Waals surface area contributed by atoms with E-state index < -0.39 is 0 Å². The molecule has 2 saturated heterocycles. The Kier molecular flexibility index (Phi) is 5.64. The summed E-state index contributed by atoms with van der Waals surface area (Å²) in [5, 5.41) is 9.76. The Labute approximate surface area is 149 Å². The number of aliphatic hydroxyl groups excluding tert-OH is 1. The quantitative estimate of drug-likeness (QED) is 0.889. The Bertz CT molecular complexity index is 610. The van der Waals surface area contributed by atoms with Gasteiger partial charge in [0, 0.05) is 32.3 Å². The predicted molar refractivity (Wildman–Crippen MR) is 95.7 cm³/mol. The number of hydrogen-bond acceptors (Lipinski definition) is 4. The molecule has 1 aromatic carbocycles. The zero-order chi connectivity index (χ0) is 17.9. The lowest BCUT2D eigenvalue weighted by atomic mass is 9.78. The maximum atomic E-state index is 12.8. The molecule has 0 aliphatic carbocycles. The van der Waals surface area contributed by atoms with Crippen LogP contribution in [-0.4, -0.2) is 54.4 Å². The first-order chi connectivity index (χ1) is 12.1. The second-order valence-electron chi connectivity index (χ2n) is 7.30. The number of hydrogen-bond donors (Lipinski definition) is 1. The lowest BCUT2D eigenvalue weighted by Gasteiger charge is -2.44. The SMILES string of the molecule is Cc1ccc(C)c(OCCC(=O)N2CCC(CO)C23CCOCC3)c1. The molecule has 1 amide bonds. The van der Waals surface area contributed by atoms with Gasteiger partial charge in [-0.15, -0.1) is 0 Å². The Hall–Kier alpha value is -1.59. The van der Waals surface area contributed by atoms with Crippen molar-refractivity contribution in [3.63, 3.8) is 0 Å². The summed E-state index contributed by atoms with van der Waals surface area (Å²) in [6.45, 7) is 6.64. The molecule has 3 rings (SSSR count). The molecule has 5 heteroatoms. The van der Waals surface area contributed by atoms with Gasteiger partial charge in [0.2, 0.25) is 5.91 Å². The fraction of sp³-hybridized carbons (Fsp3) is 0.650. The van der Waals surface area contributed by atoms with Gasteiger partial charge in [0.15, 0.2) is 0 Å². The number of likely N-dealkylation sites (tertiary alicyclic amines) is 1. The van der Waals surface area contributed by atoms with Crippen molar-refractivity contribution in [2.24, 2.45) is 5.92 Å². The van der Waals surface area contributed by atoms with Gasteiger partial charge in [-0.2, -0.15) is 0 Å². The first kappa shape index (κ1) is 18.2. The van der Waals surface area contributed by atoms with Crippen LogP contribution in [0, 0.1) is 19.8 Å². The molecule has 1 unspecified atom stereocenters. The van der Waals surface area contributed by atoms with Crippen LogP contribution < -0.4 is 4.74 Å². The topological polar surface area (TPSA) is 59.0 Å². The van der Waals surface area contributed by atoms with E-state index in [1.165, 1.54) is 0 Å². The second kappa shape index (κ2) is 7.75. The number of nitrogens with zero attached hydrogens (tertiary/aromatic N) is 1. The lowest BCUT2D eigenvalue weighted by molar-refractivity contribution is -0.141. The van der Waals surface area contributed by atoms with E-state index in [-0.39, 0.29) is 24.0 Å².